The van der Waals surface area contributed by atoms with Crippen molar-refractivity contribution in [1.82, 2.24) is 0 Å². The fourth-order valence-electron chi connectivity index (χ4n) is 1.28. The second-order valence-electron chi connectivity index (χ2n) is 3.37. The molecule has 82 valence electrons. The van der Waals surface area contributed by atoms with Crippen molar-refractivity contribution in [3.63, 3.8) is 0 Å². The lowest BCUT2D eigenvalue weighted by atomic mass is 9.87. The van der Waals surface area contributed by atoms with Crippen molar-refractivity contribution in [2.24, 2.45) is 5.41 Å². The van der Waals surface area contributed by atoms with Gasteiger partial charge < -0.3 is 9.47 Å². The first kappa shape index (κ1) is 11.3. The Morgan fingerprint density at radius 3 is 2.64 bits per heavy atom. The highest BCUT2D eigenvalue weighted by Gasteiger charge is 2.63. The predicted octanol–water partition coefficient (Wildman–Crippen LogP) is 1.86. The summed E-state index contributed by atoms with van der Waals surface area (Å²) in [6.07, 6.45) is -6.69. The molecule has 3 nitrogen and oxygen atoms in total. The van der Waals surface area contributed by atoms with Crippen molar-refractivity contribution in [2.45, 2.75) is 32.7 Å². The molecular weight excluding hydrogens is 201 g/mol. The van der Waals surface area contributed by atoms with Crippen LogP contribution < -0.4 is 0 Å². The number of rotatable bonds is 2. The lowest BCUT2D eigenvalue weighted by molar-refractivity contribution is -0.277. The summed E-state index contributed by atoms with van der Waals surface area (Å²) in [4.78, 5) is 10.8. The van der Waals surface area contributed by atoms with Gasteiger partial charge in [-0.2, -0.15) is 13.2 Å². The van der Waals surface area contributed by atoms with E-state index in [-0.39, 0.29) is 6.61 Å². The first-order valence-corrected chi connectivity index (χ1v) is 4.19. The number of carbonyl (C=O) groups is 1. The number of hydrogen-bond acceptors (Lipinski definition) is 3. The predicted molar refractivity (Wildman–Crippen MR) is 40.3 cm³/mol. The molecule has 0 aliphatic carbocycles. The van der Waals surface area contributed by atoms with Crippen LogP contribution in [0.2, 0.25) is 0 Å². The fourth-order valence-corrected chi connectivity index (χ4v) is 1.28. The van der Waals surface area contributed by atoms with E-state index in [4.69, 9.17) is 4.74 Å². The van der Waals surface area contributed by atoms with Crippen LogP contribution in [0.5, 0.6) is 0 Å². The summed E-state index contributed by atoms with van der Waals surface area (Å²) in [5.41, 5.74) is -2.22. The Labute approximate surface area is 79.2 Å². The third-order valence-corrected chi connectivity index (χ3v) is 2.24. The first-order valence-electron chi connectivity index (χ1n) is 4.19. The number of ether oxygens (including phenoxy) is 2. The molecule has 0 aromatic rings. The van der Waals surface area contributed by atoms with E-state index < -0.39 is 30.3 Å². The summed E-state index contributed by atoms with van der Waals surface area (Å²) in [6, 6.07) is 0. The Kier molecular flexibility index (Phi) is 2.76. The molecule has 0 aromatic heterocycles. The van der Waals surface area contributed by atoms with Crippen molar-refractivity contribution < 1.29 is 27.4 Å². The molecule has 0 amide bonds. The number of carbonyl (C=O) groups excluding carboxylic acids is 1. The molecular formula is C8H11F3O3. The summed E-state index contributed by atoms with van der Waals surface area (Å²) in [5, 5.41) is 0. The van der Waals surface area contributed by atoms with Crippen LogP contribution in [0.1, 0.15) is 20.3 Å². The molecule has 1 aliphatic rings. The van der Waals surface area contributed by atoms with E-state index in [2.05, 4.69) is 4.74 Å². The van der Waals surface area contributed by atoms with Gasteiger partial charge in [0.1, 0.15) is 5.41 Å². The maximum Gasteiger partial charge on any atom is 0.400 e. The molecule has 0 saturated carbocycles. The van der Waals surface area contributed by atoms with Crippen molar-refractivity contribution in [3.05, 3.63) is 0 Å². The lowest BCUT2D eigenvalue weighted by Crippen LogP contribution is -2.43. The third kappa shape index (κ3) is 1.70. The molecule has 1 heterocycles. The topological polar surface area (TPSA) is 35.5 Å². The first-order chi connectivity index (χ1) is 6.31. The molecule has 14 heavy (non-hydrogen) atoms. The Bertz CT molecular complexity index is 238. The zero-order chi connectivity index (χ0) is 11.0. The third-order valence-electron chi connectivity index (χ3n) is 2.24. The maximum atomic E-state index is 12.6. The number of alkyl halides is 3. The van der Waals surface area contributed by atoms with Crippen LogP contribution in [-0.4, -0.2) is 25.0 Å². The smallest absolute Gasteiger partial charge is 0.400 e. The summed E-state index contributed by atoms with van der Waals surface area (Å²) in [5.74, 6) is -0.872. The van der Waals surface area contributed by atoms with Crippen molar-refractivity contribution in [3.8, 4) is 0 Å². The SMILES string of the molecule is CCO[C@H]1OC(=O)C[C@@]1(C)C(F)(F)F. The Morgan fingerprint density at radius 1 is 1.64 bits per heavy atom. The summed E-state index contributed by atoms with van der Waals surface area (Å²) < 4.78 is 47.0. The van der Waals surface area contributed by atoms with Crippen LogP contribution in [-0.2, 0) is 14.3 Å². The van der Waals surface area contributed by atoms with Gasteiger partial charge in [-0.15, -0.1) is 0 Å². The molecule has 0 unspecified atom stereocenters. The van der Waals surface area contributed by atoms with Crippen molar-refractivity contribution in [2.75, 3.05) is 6.61 Å². The average Bonchev–Trinajstić information content (AvgIpc) is 2.27. The van der Waals surface area contributed by atoms with Crippen molar-refractivity contribution in [1.29, 1.82) is 0 Å². The molecule has 2 atom stereocenters. The van der Waals surface area contributed by atoms with Crippen LogP contribution >= 0.6 is 0 Å². The van der Waals surface area contributed by atoms with E-state index in [9.17, 15) is 18.0 Å². The number of esters is 1. The molecule has 0 aromatic carbocycles. The largest absolute Gasteiger partial charge is 0.435 e. The molecule has 1 fully saturated rings. The summed E-state index contributed by atoms with van der Waals surface area (Å²) in [7, 11) is 0. The van der Waals surface area contributed by atoms with Gasteiger partial charge in [0, 0.05) is 6.61 Å². The van der Waals surface area contributed by atoms with E-state index in [1.54, 1.807) is 6.92 Å². The second kappa shape index (κ2) is 3.42. The van der Waals surface area contributed by atoms with E-state index >= 15 is 0 Å². The zero-order valence-electron chi connectivity index (χ0n) is 7.85. The monoisotopic (exact) mass is 212 g/mol. The second-order valence-corrected chi connectivity index (χ2v) is 3.37. The van der Waals surface area contributed by atoms with Gasteiger partial charge in [-0.25, -0.2) is 0 Å². The number of cyclic esters (lactones) is 1. The minimum absolute atomic E-state index is 0.0730. The molecule has 1 aliphatic heterocycles. The van der Waals surface area contributed by atoms with Gasteiger partial charge in [-0.1, -0.05) is 0 Å². The molecule has 1 saturated heterocycles. The Balaban J connectivity index is 2.89. The highest BCUT2D eigenvalue weighted by atomic mass is 19.4. The quantitative estimate of drug-likeness (QED) is 0.655. The highest BCUT2D eigenvalue weighted by molar-refractivity contribution is 5.73. The van der Waals surface area contributed by atoms with Gasteiger partial charge in [-0.3, -0.25) is 4.79 Å². The maximum absolute atomic E-state index is 12.6. The lowest BCUT2D eigenvalue weighted by Gasteiger charge is -2.29. The van der Waals surface area contributed by atoms with E-state index in [0.717, 1.165) is 6.92 Å². The van der Waals surface area contributed by atoms with Crippen LogP contribution in [0.4, 0.5) is 13.2 Å². The van der Waals surface area contributed by atoms with Gasteiger partial charge in [0.15, 0.2) is 0 Å². The minimum Gasteiger partial charge on any atom is -0.435 e. The molecule has 0 bridgehead atoms. The molecule has 0 spiro atoms. The van der Waals surface area contributed by atoms with Gasteiger partial charge in [-0.05, 0) is 13.8 Å². The average molecular weight is 212 g/mol. The van der Waals surface area contributed by atoms with Crippen LogP contribution in [0.3, 0.4) is 0 Å². The molecule has 0 N–H and O–H groups in total. The van der Waals surface area contributed by atoms with Gasteiger partial charge in [0.2, 0.25) is 6.29 Å². The number of hydrogen-bond donors (Lipinski definition) is 0. The summed E-state index contributed by atoms with van der Waals surface area (Å²) >= 11 is 0. The van der Waals surface area contributed by atoms with Crippen LogP contribution in [0, 0.1) is 5.41 Å². The standard InChI is InChI=1S/C8H11F3O3/c1-3-13-6-7(2,8(9,10)11)4-5(12)14-6/h6H,3-4H2,1-2H3/t6-,7+/m0/s1. The van der Waals surface area contributed by atoms with Gasteiger partial charge in [0.05, 0.1) is 6.42 Å². The van der Waals surface area contributed by atoms with E-state index in [0.29, 0.717) is 0 Å². The highest BCUT2D eigenvalue weighted by Crippen LogP contribution is 2.48. The van der Waals surface area contributed by atoms with Gasteiger partial charge >= 0.3 is 12.1 Å². The zero-order valence-corrected chi connectivity index (χ0v) is 7.85. The van der Waals surface area contributed by atoms with E-state index in [1.807, 2.05) is 0 Å². The minimum atomic E-state index is -4.50. The van der Waals surface area contributed by atoms with Crippen LogP contribution in [0.15, 0.2) is 0 Å². The normalized spacial score (nSPS) is 33.2. The summed E-state index contributed by atoms with van der Waals surface area (Å²) in [6.45, 7) is 2.55. The molecule has 6 heteroatoms. The van der Waals surface area contributed by atoms with Crippen molar-refractivity contribution >= 4 is 5.97 Å². The molecule has 1 rings (SSSR count). The fraction of sp³-hybridized carbons (Fsp3) is 0.875. The molecule has 0 radical (unpaired) electrons. The number of halogens is 3. The Hall–Kier alpha value is -0.780. The van der Waals surface area contributed by atoms with Crippen LogP contribution in [0.25, 0.3) is 0 Å². The Morgan fingerprint density at radius 2 is 2.21 bits per heavy atom. The van der Waals surface area contributed by atoms with E-state index in [1.165, 1.54) is 0 Å². The van der Waals surface area contributed by atoms with Gasteiger partial charge in [0.25, 0.3) is 0 Å².